The number of aromatic nitrogens is 3. The second kappa shape index (κ2) is 4.09. The molecule has 2 heterocycles. The Bertz CT molecular complexity index is 507. The van der Waals surface area contributed by atoms with Gasteiger partial charge >= 0.3 is 5.97 Å². The molecule has 0 N–H and O–H groups in total. The van der Waals surface area contributed by atoms with Crippen molar-refractivity contribution in [2.45, 2.75) is 6.92 Å². The van der Waals surface area contributed by atoms with Gasteiger partial charge in [-0.2, -0.15) is 0 Å². The quantitative estimate of drug-likeness (QED) is 0.707. The Labute approximate surface area is 91.3 Å². The topological polar surface area (TPSA) is 78.1 Å². The van der Waals surface area contributed by atoms with Crippen LogP contribution in [0.3, 0.4) is 0 Å². The number of carbonyl (C=O) groups is 1. The third-order valence-corrected chi connectivity index (χ3v) is 2.08. The molecule has 0 unspecified atom stereocenters. The molecule has 0 aliphatic heterocycles. The van der Waals surface area contributed by atoms with Gasteiger partial charge in [-0.3, -0.25) is 0 Å². The summed E-state index contributed by atoms with van der Waals surface area (Å²) in [6.45, 7) is 1.64. The van der Waals surface area contributed by atoms with Crippen LogP contribution in [-0.4, -0.2) is 28.2 Å². The molecule has 2 aromatic rings. The van der Waals surface area contributed by atoms with Crippen molar-refractivity contribution in [2.75, 3.05) is 7.11 Å². The molecule has 0 saturated heterocycles. The molecule has 6 nitrogen and oxygen atoms in total. The molecule has 2 rings (SSSR count). The first kappa shape index (κ1) is 10.3. The number of ether oxygens (including phenoxy) is 1. The minimum atomic E-state index is -0.493. The van der Waals surface area contributed by atoms with Crippen molar-refractivity contribution in [3.05, 3.63) is 29.9 Å². The van der Waals surface area contributed by atoms with Crippen LogP contribution >= 0.6 is 0 Å². The summed E-state index contributed by atoms with van der Waals surface area (Å²) >= 11 is 0. The smallest absolute Gasteiger partial charge is 0.343 e. The fourth-order valence-corrected chi connectivity index (χ4v) is 1.32. The third-order valence-electron chi connectivity index (χ3n) is 2.08. The Balaban J connectivity index is 2.55. The lowest BCUT2D eigenvalue weighted by Gasteiger charge is -1.98. The normalized spacial score (nSPS) is 10.1. The Morgan fingerprint density at radius 3 is 2.94 bits per heavy atom. The molecule has 0 saturated carbocycles. The molecule has 0 radical (unpaired) electrons. The summed E-state index contributed by atoms with van der Waals surface area (Å²) in [5.74, 6) is -0.0900. The van der Waals surface area contributed by atoms with Gasteiger partial charge in [0.25, 0.3) is 0 Å². The van der Waals surface area contributed by atoms with E-state index in [1.54, 1.807) is 19.2 Å². The van der Waals surface area contributed by atoms with Gasteiger partial charge in [-0.25, -0.2) is 14.8 Å². The lowest BCUT2D eigenvalue weighted by atomic mass is 10.1. The van der Waals surface area contributed by atoms with Crippen LogP contribution < -0.4 is 0 Å². The third kappa shape index (κ3) is 1.65. The lowest BCUT2D eigenvalue weighted by molar-refractivity contribution is 0.0599. The van der Waals surface area contributed by atoms with Crippen LogP contribution in [0.2, 0.25) is 0 Å². The van der Waals surface area contributed by atoms with E-state index in [-0.39, 0.29) is 0 Å². The first-order chi connectivity index (χ1) is 7.74. The minimum absolute atomic E-state index is 0.293. The number of hydrogen-bond acceptors (Lipinski definition) is 6. The predicted octanol–water partition coefficient (Wildman–Crippen LogP) is 1.23. The van der Waals surface area contributed by atoms with Gasteiger partial charge in [0.15, 0.2) is 0 Å². The number of carbonyl (C=O) groups excluding carboxylic acids is 1. The van der Waals surface area contributed by atoms with Crippen LogP contribution in [0.1, 0.15) is 16.1 Å². The van der Waals surface area contributed by atoms with Crippen molar-refractivity contribution < 1.29 is 14.1 Å². The Morgan fingerprint density at radius 1 is 1.50 bits per heavy atom. The summed E-state index contributed by atoms with van der Waals surface area (Å²) in [4.78, 5) is 19.3. The summed E-state index contributed by atoms with van der Waals surface area (Å²) in [6.07, 6.45) is 2.94. The predicted molar refractivity (Wildman–Crippen MR) is 53.6 cm³/mol. The molecular weight excluding hydrogens is 210 g/mol. The second-order valence-electron chi connectivity index (χ2n) is 3.05. The molecule has 0 aliphatic carbocycles. The van der Waals surface area contributed by atoms with Gasteiger partial charge in [-0.05, 0) is 13.0 Å². The average Bonchev–Trinajstić information content (AvgIpc) is 2.71. The second-order valence-corrected chi connectivity index (χ2v) is 3.05. The van der Waals surface area contributed by atoms with Crippen molar-refractivity contribution in [1.29, 1.82) is 0 Å². The molecule has 0 aromatic carbocycles. The first-order valence-corrected chi connectivity index (χ1v) is 4.55. The highest BCUT2D eigenvalue weighted by Crippen LogP contribution is 2.23. The summed E-state index contributed by atoms with van der Waals surface area (Å²) in [6, 6.07) is 1.64. The highest BCUT2D eigenvalue weighted by Gasteiger charge is 2.22. The molecule has 0 fully saturated rings. The maximum atomic E-state index is 11.5. The number of aryl methyl sites for hydroxylation is 1. The Hall–Kier alpha value is -2.24. The highest BCUT2D eigenvalue weighted by atomic mass is 16.5. The van der Waals surface area contributed by atoms with Crippen LogP contribution in [0, 0.1) is 6.92 Å². The standard InChI is InChI=1S/C10H9N3O3/c1-6-8(10(14)15-2)9(13-16-6)7-3-4-11-5-12-7/h3-5H,1-2H3. The maximum Gasteiger partial charge on any atom is 0.343 e. The van der Waals surface area contributed by atoms with Gasteiger partial charge in [0.1, 0.15) is 23.3 Å². The molecule has 0 spiro atoms. The molecule has 82 valence electrons. The fourth-order valence-electron chi connectivity index (χ4n) is 1.32. The van der Waals surface area contributed by atoms with Gasteiger partial charge < -0.3 is 9.26 Å². The molecule has 0 atom stereocenters. The van der Waals surface area contributed by atoms with E-state index >= 15 is 0 Å². The zero-order valence-corrected chi connectivity index (χ0v) is 8.80. The van der Waals surface area contributed by atoms with E-state index in [9.17, 15) is 4.79 Å². The zero-order chi connectivity index (χ0) is 11.5. The summed E-state index contributed by atoms with van der Waals surface area (Å²) in [7, 11) is 1.30. The Kier molecular flexibility index (Phi) is 2.63. The van der Waals surface area contributed by atoms with Gasteiger partial charge in [0.05, 0.1) is 12.8 Å². The van der Waals surface area contributed by atoms with Crippen LogP contribution in [0.15, 0.2) is 23.1 Å². The molecular formula is C10H9N3O3. The molecule has 0 amide bonds. The van der Waals surface area contributed by atoms with E-state index in [1.165, 1.54) is 13.4 Å². The SMILES string of the molecule is COC(=O)c1c(-c2ccncn2)noc1C. The van der Waals surface area contributed by atoms with Crippen molar-refractivity contribution in [3.63, 3.8) is 0 Å². The molecule has 0 bridgehead atoms. The summed E-state index contributed by atoms with van der Waals surface area (Å²) in [5, 5.41) is 3.79. The minimum Gasteiger partial charge on any atom is -0.465 e. The molecule has 6 heteroatoms. The summed E-state index contributed by atoms with van der Waals surface area (Å²) < 4.78 is 9.62. The van der Waals surface area contributed by atoms with Crippen LogP contribution in [0.5, 0.6) is 0 Å². The number of rotatable bonds is 2. The molecule has 2 aromatic heterocycles. The largest absolute Gasteiger partial charge is 0.465 e. The van der Waals surface area contributed by atoms with Crippen LogP contribution in [-0.2, 0) is 4.74 Å². The van der Waals surface area contributed by atoms with Crippen LogP contribution in [0.25, 0.3) is 11.4 Å². The Morgan fingerprint density at radius 2 is 2.31 bits per heavy atom. The van der Waals surface area contributed by atoms with Crippen molar-refractivity contribution in [1.82, 2.24) is 15.1 Å². The van der Waals surface area contributed by atoms with Crippen molar-refractivity contribution >= 4 is 5.97 Å². The average molecular weight is 219 g/mol. The number of nitrogens with zero attached hydrogens (tertiary/aromatic N) is 3. The van der Waals surface area contributed by atoms with Gasteiger partial charge in [-0.15, -0.1) is 0 Å². The van der Waals surface area contributed by atoms with E-state index in [0.717, 1.165) is 0 Å². The van der Waals surface area contributed by atoms with E-state index in [4.69, 9.17) is 4.52 Å². The first-order valence-electron chi connectivity index (χ1n) is 4.55. The van der Waals surface area contributed by atoms with Gasteiger partial charge in [0, 0.05) is 6.20 Å². The molecule has 0 aliphatic rings. The fraction of sp³-hybridized carbons (Fsp3) is 0.200. The van der Waals surface area contributed by atoms with E-state index in [0.29, 0.717) is 22.7 Å². The summed E-state index contributed by atoms with van der Waals surface area (Å²) in [5.41, 5.74) is 1.18. The van der Waals surface area contributed by atoms with E-state index < -0.39 is 5.97 Å². The number of methoxy groups -OCH3 is 1. The van der Waals surface area contributed by atoms with Crippen molar-refractivity contribution in [2.24, 2.45) is 0 Å². The maximum absolute atomic E-state index is 11.5. The zero-order valence-electron chi connectivity index (χ0n) is 8.80. The van der Waals surface area contributed by atoms with Gasteiger partial charge in [0.2, 0.25) is 0 Å². The number of hydrogen-bond donors (Lipinski definition) is 0. The van der Waals surface area contributed by atoms with Crippen LogP contribution in [0.4, 0.5) is 0 Å². The molecule has 16 heavy (non-hydrogen) atoms. The van der Waals surface area contributed by atoms with Gasteiger partial charge in [-0.1, -0.05) is 5.16 Å². The van der Waals surface area contributed by atoms with E-state index in [2.05, 4.69) is 19.9 Å². The number of esters is 1. The monoisotopic (exact) mass is 219 g/mol. The highest BCUT2D eigenvalue weighted by molar-refractivity contribution is 5.96. The van der Waals surface area contributed by atoms with E-state index in [1.807, 2.05) is 0 Å². The lowest BCUT2D eigenvalue weighted by Crippen LogP contribution is -2.04. The van der Waals surface area contributed by atoms with Crippen molar-refractivity contribution in [3.8, 4) is 11.4 Å².